The molecule has 0 radical (unpaired) electrons. The molecule has 5 nitrogen and oxygen atoms in total. The summed E-state index contributed by atoms with van der Waals surface area (Å²) in [4.78, 5) is 22.1. The third kappa shape index (κ3) is 3.53. The van der Waals surface area contributed by atoms with Gasteiger partial charge in [-0.3, -0.25) is 14.9 Å². The van der Waals surface area contributed by atoms with Crippen LogP contribution in [0, 0.1) is 27.7 Å². The van der Waals surface area contributed by atoms with Crippen molar-refractivity contribution in [2.45, 2.75) is 38.6 Å². The first-order chi connectivity index (χ1) is 9.88. The van der Waals surface area contributed by atoms with Gasteiger partial charge in [-0.2, -0.15) is 0 Å². The predicted octanol–water partition coefficient (Wildman–Crippen LogP) is 3.18. The summed E-state index contributed by atoms with van der Waals surface area (Å²) in [7, 11) is 0. The Morgan fingerprint density at radius 3 is 2.62 bits per heavy atom. The van der Waals surface area contributed by atoms with Crippen LogP contribution in [0.2, 0.25) is 0 Å². The average molecular weight is 298 g/mol. The largest absolute Gasteiger partial charge is 0.349 e. The minimum Gasteiger partial charge on any atom is -0.349 e. The van der Waals surface area contributed by atoms with Gasteiger partial charge < -0.3 is 5.32 Å². The Morgan fingerprint density at radius 2 is 2.00 bits per heavy atom. The van der Waals surface area contributed by atoms with Crippen molar-refractivity contribution in [2.75, 3.05) is 0 Å². The van der Waals surface area contributed by atoms with Gasteiger partial charge in [0.25, 0.3) is 11.6 Å². The fourth-order valence-corrected chi connectivity index (χ4v) is 2.70. The Bertz CT molecular complexity index is 578. The van der Waals surface area contributed by atoms with Gasteiger partial charge in [-0.1, -0.05) is 19.8 Å². The zero-order valence-corrected chi connectivity index (χ0v) is 11.6. The van der Waals surface area contributed by atoms with Gasteiger partial charge in [0.2, 0.25) is 0 Å². The van der Waals surface area contributed by atoms with Gasteiger partial charge in [-0.15, -0.1) is 0 Å². The molecule has 114 valence electrons. The normalized spacial score (nSPS) is 21.9. The van der Waals surface area contributed by atoms with E-state index in [-0.39, 0.29) is 6.04 Å². The summed E-state index contributed by atoms with van der Waals surface area (Å²) >= 11 is 0. The molecule has 0 saturated heterocycles. The highest BCUT2D eigenvalue weighted by atomic mass is 19.2. The number of nitrogens with zero attached hydrogens (tertiary/aromatic N) is 1. The number of nitro benzene ring substituents is 1. The summed E-state index contributed by atoms with van der Waals surface area (Å²) in [5.41, 5.74) is -1.17. The number of hydrogen-bond donors (Lipinski definition) is 1. The molecular formula is C14H16F2N2O3. The van der Waals surface area contributed by atoms with Gasteiger partial charge in [0.15, 0.2) is 11.6 Å². The predicted molar refractivity (Wildman–Crippen MR) is 71.9 cm³/mol. The monoisotopic (exact) mass is 298 g/mol. The summed E-state index contributed by atoms with van der Waals surface area (Å²) in [6.45, 7) is 2.07. The van der Waals surface area contributed by atoms with Gasteiger partial charge in [-0.05, 0) is 24.8 Å². The maximum Gasteiger partial charge on any atom is 0.285 e. The highest BCUT2D eigenvalue weighted by Gasteiger charge is 2.27. The van der Waals surface area contributed by atoms with Gasteiger partial charge >= 0.3 is 0 Å². The number of benzene rings is 1. The van der Waals surface area contributed by atoms with Crippen molar-refractivity contribution in [3.63, 3.8) is 0 Å². The van der Waals surface area contributed by atoms with Gasteiger partial charge in [0.05, 0.1) is 11.0 Å². The number of hydrogen-bond acceptors (Lipinski definition) is 3. The molecule has 1 N–H and O–H groups in total. The van der Waals surface area contributed by atoms with Gasteiger partial charge in [-0.25, -0.2) is 8.78 Å². The number of amides is 1. The molecule has 0 heterocycles. The quantitative estimate of drug-likeness (QED) is 0.688. The van der Waals surface area contributed by atoms with E-state index in [1.165, 1.54) is 0 Å². The second-order valence-corrected chi connectivity index (χ2v) is 5.48. The number of carbonyl (C=O) groups excluding carboxylic acids is 1. The molecule has 21 heavy (non-hydrogen) atoms. The third-order valence-electron chi connectivity index (χ3n) is 3.75. The number of nitro groups is 1. The lowest BCUT2D eigenvalue weighted by Gasteiger charge is -2.27. The SMILES string of the molecule is CC1CCCC(NC(=O)c2cc(F)c(F)cc2[N+](=O)[O-])C1. The van der Waals surface area contributed by atoms with Crippen LogP contribution in [-0.4, -0.2) is 16.9 Å². The highest BCUT2D eigenvalue weighted by molar-refractivity contribution is 5.98. The van der Waals surface area contributed by atoms with Crippen LogP contribution >= 0.6 is 0 Å². The number of halogens is 2. The van der Waals surface area contributed by atoms with Crippen LogP contribution in [-0.2, 0) is 0 Å². The third-order valence-corrected chi connectivity index (χ3v) is 3.75. The van der Waals surface area contributed by atoms with E-state index in [0.717, 1.165) is 25.7 Å². The molecule has 1 amide bonds. The molecule has 1 aromatic rings. The smallest absolute Gasteiger partial charge is 0.285 e. The zero-order chi connectivity index (χ0) is 15.6. The molecule has 1 aromatic carbocycles. The van der Waals surface area contributed by atoms with Crippen molar-refractivity contribution >= 4 is 11.6 Å². The van der Waals surface area contributed by atoms with E-state index in [1.807, 2.05) is 0 Å². The van der Waals surface area contributed by atoms with Gasteiger partial charge in [0.1, 0.15) is 5.56 Å². The summed E-state index contributed by atoms with van der Waals surface area (Å²) in [5.74, 6) is -2.89. The highest BCUT2D eigenvalue weighted by Crippen LogP contribution is 2.26. The average Bonchev–Trinajstić information content (AvgIpc) is 2.41. The van der Waals surface area contributed by atoms with E-state index in [9.17, 15) is 23.7 Å². The molecule has 7 heteroatoms. The molecule has 1 fully saturated rings. The fraction of sp³-hybridized carbons (Fsp3) is 0.500. The van der Waals surface area contributed by atoms with Crippen molar-refractivity contribution in [3.05, 3.63) is 39.4 Å². The lowest BCUT2D eigenvalue weighted by atomic mass is 9.87. The van der Waals surface area contributed by atoms with E-state index < -0.39 is 33.7 Å². The Morgan fingerprint density at radius 1 is 1.33 bits per heavy atom. The summed E-state index contributed by atoms with van der Waals surface area (Å²) in [6.07, 6.45) is 3.61. The molecule has 1 aliphatic carbocycles. The topological polar surface area (TPSA) is 72.2 Å². The molecule has 0 aromatic heterocycles. The van der Waals surface area contributed by atoms with Crippen LogP contribution < -0.4 is 5.32 Å². The fourth-order valence-electron chi connectivity index (χ4n) is 2.70. The standard InChI is InChI=1S/C14H16F2N2O3/c1-8-3-2-4-9(5-8)17-14(19)10-6-11(15)12(16)7-13(10)18(20)21/h6-9H,2-5H2,1H3,(H,17,19). The Hall–Kier alpha value is -2.05. The van der Waals surface area contributed by atoms with E-state index in [1.54, 1.807) is 0 Å². The van der Waals surface area contributed by atoms with Crippen molar-refractivity contribution in [3.8, 4) is 0 Å². The molecule has 0 aliphatic heterocycles. The molecule has 2 rings (SSSR count). The Balaban J connectivity index is 2.22. The maximum absolute atomic E-state index is 13.2. The van der Waals surface area contributed by atoms with Crippen molar-refractivity contribution in [1.82, 2.24) is 5.32 Å². The Kier molecular flexibility index (Phi) is 4.50. The molecule has 1 aliphatic rings. The first kappa shape index (κ1) is 15.3. The van der Waals surface area contributed by atoms with Gasteiger partial charge in [0, 0.05) is 6.04 Å². The van der Waals surface area contributed by atoms with E-state index in [4.69, 9.17) is 0 Å². The van der Waals surface area contributed by atoms with E-state index in [2.05, 4.69) is 12.2 Å². The summed E-state index contributed by atoms with van der Waals surface area (Å²) in [5, 5.41) is 13.5. The van der Waals surface area contributed by atoms with Crippen molar-refractivity contribution in [1.29, 1.82) is 0 Å². The molecule has 2 unspecified atom stereocenters. The van der Waals surface area contributed by atoms with Crippen molar-refractivity contribution < 1.29 is 18.5 Å². The number of carbonyl (C=O) groups is 1. The molecule has 0 bridgehead atoms. The zero-order valence-electron chi connectivity index (χ0n) is 11.6. The first-order valence-electron chi connectivity index (χ1n) is 6.82. The van der Waals surface area contributed by atoms with Crippen LogP contribution in [0.1, 0.15) is 43.0 Å². The van der Waals surface area contributed by atoms with Crippen molar-refractivity contribution in [2.24, 2.45) is 5.92 Å². The molecule has 0 spiro atoms. The van der Waals surface area contributed by atoms with Crippen LogP contribution in [0.3, 0.4) is 0 Å². The van der Waals surface area contributed by atoms with E-state index in [0.29, 0.717) is 18.1 Å². The molecule has 2 atom stereocenters. The van der Waals surface area contributed by atoms with Crippen LogP contribution in [0.4, 0.5) is 14.5 Å². The number of nitrogens with one attached hydrogen (secondary N) is 1. The lowest BCUT2D eigenvalue weighted by Crippen LogP contribution is -2.38. The minimum atomic E-state index is -1.34. The molecular weight excluding hydrogens is 282 g/mol. The van der Waals surface area contributed by atoms with Crippen LogP contribution in [0.25, 0.3) is 0 Å². The number of rotatable bonds is 3. The van der Waals surface area contributed by atoms with Crippen LogP contribution in [0.15, 0.2) is 12.1 Å². The van der Waals surface area contributed by atoms with E-state index >= 15 is 0 Å². The van der Waals surface area contributed by atoms with Crippen LogP contribution in [0.5, 0.6) is 0 Å². The maximum atomic E-state index is 13.2. The second kappa shape index (κ2) is 6.15. The lowest BCUT2D eigenvalue weighted by molar-refractivity contribution is -0.385. The summed E-state index contributed by atoms with van der Waals surface area (Å²) in [6, 6.07) is 0.928. The Labute approximate surface area is 120 Å². The molecule has 1 saturated carbocycles. The summed E-state index contributed by atoms with van der Waals surface area (Å²) < 4.78 is 26.3. The second-order valence-electron chi connectivity index (χ2n) is 5.48. The first-order valence-corrected chi connectivity index (χ1v) is 6.82. The minimum absolute atomic E-state index is 0.0889.